The molecule has 1 saturated heterocycles. The highest BCUT2D eigenvalue weighted by atomic mass is 16.5. The number of carbonyl (C=O) groups is 1. The van der Waals surface area contributed by atoms with Crippen LogP contribution in [0.2, 0.25) is 0 Å². The second-order valence-electron chi connectivity index (χ2n) is 9.27. The van der Waals surface area contributed by atoms with Gasteiger partial charge >= 0.3 is 0 Å². The second-order valence-corrected chi connectivity index (χ2v) is 9.27. The van der Waals surface area contributed by atoms with Gasteiger partial charge in [-0.3, -0.25) is 14.4 Å². The highest BCUT2D eigenvalue weighted by Gasteiger charge is 2.21. The minimum absolute atomic E-state index is 0.148. The molecular formula is C27H36N6O3. The predicted octanol–water partition coefficient (Wildman–Crippen LogP) is 4.15. The Bertz CT molecular complexity index is 1260. The van der Waals surface area contributed by atoms with Crippen molar-refractivity contribution in [3.8, 4) is 0 Å². The van der Waals surface area contributed by atoms with Gasteiger partial charge < -0.3 is 19.8 Å². The first-order valence-corrected chi connectivity index (χ1v) is 12.5. The van der Waals surface area contributed by atoms with Gasteiger partial charge in [0.05, 0.1) is 30.0 Å². The van der Waals surface area contributed by atoms with Crippen LogP contribution < -0.4 is 5.32 Å². The molecule has 0 bridgehead atoms. The number of allylic oxidation sites excluding steroid dienone is 3. The van der Waals surface area contributed by atoms with Crippen LogP contribution in [0.3, 0.4) is 0 Å². The molecule has 9 nitrogen and oxygen atoms in total. The quantitative estimate of drug-likeness (QED) is 0.344. The lowest BCUT2D eigenvalue weighted by atomic mass is 10.0. The van der Waals surface area contributed by atoms with Crippen LogP contribution in [-0.2, 0) is 16.5 Å². The summed E-state index contributed by atoms with van der Waals surface area (Å²) in [6.45, 7) is 12.9. The number of para-hydroxylation sites is 1. The summed E-state index contributed by atoms with van der Waals surface area (Å²) in [4.78, 5) is 23.8. The van der Waals surface area contributed by atoms with E-state index in [1.54, 1.807) is 17.8 Å². The van der Waals surface area contributed by atoms with Gasteiger partial charge in [0.1, 0.15) is 29.5 Å². The molecule has 1 aliphatic rings. The van der Waals surface area contributed by atoms with Crippen molar-refractivity contribution in [1.82, 2.24) is 24.6 Å². The van der Waals surface area contributed by atoms with E-state index in [4.69, 9.17) is 14.5 Å². The Morgan fingerprint density at radius 2 is 2.08 bits per heavy atom. The number of amides is 1. The molecule has 0 unspecified atom stereocenters. The molecule has 1 aliphatic heterocycles. The van der Waals surface area contributed by atoms with Crippen LogP contribution in [0.4, 0.5) is 5.82 Å². The highest BCUT2D eigenvalue weighted by molar-refractivity contribution is 6.11. The minimum Gasteiger partial charge on any atom is -0.492 e. The van der Waals surface area contributed by atoms with Crippen molar-refractivity contribution in [3.63, 3.8) is 0 Å². The van der Waals surface area contributed by atoms with E-state index >= 15 is 0 Å². The number of carbonyl (C=O) groups excluding carboxylic acids is 1. The number of anilines is 1. The Morgan fingerprint density at radius 1 is 1.31 bits per heavy atom. The Hall–Kier alpha value is -3.43. The van der Waals surface area contributed by atoms with Gasteiger partial charge in [0, 0.05) is 38.3 Å². The van der Waals surface area contributed by atoms with Crippen LogP contribution in [0, 0.1) is 12.8 Å². The van der Waals surface area contributed by atoms with Crippen LogP contribution in [0.5, 0.6) is 0 Å². The average molecular weight is 493 g/mol. The molecule has 4 rings (SSSR count). The van der Waals surface area contributed by atoms with Gasteiger partial charge in [0.2, 0.25) is 0 Å². The number of fused-ring (bicyclic) bond motifs is 1. The number of H-pyrrole nitrogens is 1. The van der Waals surface area contributed by atoms with E-state index in [1.165, 1.54) is 0 Å². The van der Waals surface area contributed by atoms with Gasteiger partial charge in [-0.1, -0.05) is 26.0 Å². The number of hydrogen-bond acceptors (Lipinski definition) is 6. The lowest BCUT2D eigenvalue weighted by molar-refractivity contribution is 0.0281. The molecule has 9 heteroatoms. The van der Waals surface area contributed by atoms with Crippen molar-refractivity contribution >= 4 is 28.3 Å². The fourth-order valence-electron chi connectivity index (χ4n) is 4.41. The van der Waals surface area contributed by atoms with E-state index in [2.05, 4.69) is 34.1 Å². The maximum absolute atomic E-state index is 13.2. The molecule has 0 saturated carbocycles. The number of hydrogen-bond donors (Lipinski definition) is 2. The molecule has 0 radical (unpaired) electrons. The molecule has 192 valence electrons. The molecule has 36 heavy (non-hydrogen) atoms. The molecule has 1 amide bonds. The van der Waals surface area contributed by atoms with Crippen molar-refractivity contribution in [2.75, 3.05) is 44.8 Å². The van der Waals surface area contributed by atoms with Gasteiger partial charge in [-0.25, -0.2) is 4.98 Å². The van der Waals surface area contributed by atoms with Gasteiger partial charge in [0.15, 0.2) is 0 Å². The molecule has 0 aliphatic carbocycles. The summed E-state index contributed by atoms with van der Waals surface area (Å²) in [7, 11) is 1.80. The molecule has 3 aromatic rings. The van der Waals surface area contributed by atoms with Crippen LogP contribution in [-0.4, -0.2) is 70.0 Å². The zero-order valence-corrected chi connectivity index (χ0v) is 21.8. The Kier molecular flexibility index (Phi) is 8.22. The fourth-order valence-corrected chi connectivity index (χ4v) is 4.41. The first kappa shape index (κ1) is 25.7. The normalized spacial score (nSPS) is 15.6. The lowest BCUT2D eigenvalue weighted by Crippen LogP contribution is -2.38. The third kappa shape index (κ3) is 5.85. The van der Waals surface area contributed by atoms with Crippen LogP contribution in [0.15, 0.2) is 42.2 Å². The van der Waals surface area contributed by atoms with Crippen LogP contribution >= 0.6 is 0 Å². The third-order valence-electron chi connectivity index (χ3n) is 6.19. The lowest BCUT2D eigenvalue weighted by Gasteiger charge is -2.26. The Morgan fingerprint density at radius 3 is 2.75 bits per heavy atom. The summed E-state index contributed by atoms with van der Waals surface area (Å²) in [5, 5.41) is 7.25. The topological polar surface area (TPSA) is 97.3 Å². The van der Waals surface area contributed by atoms with E-state index < -0.39 is 0 Å². The third-order valence-corrected chi connectivity index (χ3v) is 6.19. The van der Waals surface area contributed by atoms with Crippen molar-refractivity contribution in [2.45, 2.75) is 27.7 Å². The molecule has 3 heterocycles. The number of aromatic amines is 1. The smallest absolute Gasteiger partial charge is 0.259 e. The number of morpholine rings is 1. The molecule has 1 fully saturated rings. The maximum Gasteiger partial charge on any atom is 0.259 e. The average Bonchev–Trinajstić information content (AvgIpc) is 3.41. The monoisotopic (exact) mass is 492 g/mol. The largest absolute Gasteiger partial charge is 0.492 e. The highest BCUT2D eigenvalue weighted by Crippen LogP contribution is 2.29. The van der Waals surface area contributed by atoms with Crippen molar-refractivity contribution in [3.05, 3.63) is 59.3 Å². The number of rotatable bonds is 9. The first-order valence-electron chi connectivity index (χ1n) is 12.5. The Balaban J connectivity index is 1.63. The standard InChI is InChI=1S/C27H36N6O3/c1-6-8-22(36-16-13-33-11-14-35-15-12-33)24(18(2)3)26-28-21-10-7-9-20(25(21)30-26)27(34)29-23-17-19(4)31-32(23)5/h6-10,17-18H,11-16H2,1-5H3,(H,28,30)(H,29,34)/b8-6-,24-22-. The van der Waals surface area contributed by atoms with Gasteiger partial charge in [-0.2, -0.15) is 5.10 Å². The van der Waals surface area contributed by atoms with Crippen molar-refractivity contribution in [1.29, 1.82) is 0 Å². The Labute approximate surface area is 212 Å². The fraction of sp³-hybridized carbons (Fsp3) is 0.444. The number of aryl methyl sites for hydroxylation is 2. The molecule has 0 atom stereocenters. The van der Waals surface area contributed by atoms with Crippen LogP contribution in [0.25, 0.3) is 16.6 Å². The van der Waals surface area contributed by atoms with E-state index in [9.17, 15) is 4.79 Å². The number of imidazole rings is 1. The van der Waals surface area contributed by atoms with Crippen LogP contribution in [0.1, 0.15) is 42.6 Å². The summed E-state index contributed by atoms with van der Waals surface area (Å²) in [6, 6.07) is 7.42. The number of ether oxygens (including phenoxy) is 2. The second kappa shape index (κ2) is 11.5. The SMILES string of the molecule is C/C=C\C(OCCN1CCOCC1)=C(\c1nc2c(C(=O)Nc3cc(C)nn3C)cccc2[nH]1)C(C)C. The molecule has 2 N–H and O–H groups in total. The van der Waals surface area contributed by atoms with E-state index in [1.807, 2.05) is 44.2 Å². The molecule has 0 spiro atoms. The first-order chi connectivity index (χ1) is 17.4. The summed E-state index contributed by atoms with van der Waals surface area (Å²) in [5.74, 6) is 2.05. The minimum atomic E-state index is -0.229. The van der Waals surface area contributed by atoms with Gasteiger partial charge in [0.25, 0.3) is 5.91 Å². The number of nitrogens with zero attached hydrogens (tertiary/aromatic N) is 4. The zero-order valence-electron chi connectivity index (χ0n) is 21.8. The van der Waals surface area contributed by atoms with Crippen molar-refractivity contribution in [2.24, 2.45) is 13.0 Å². The summed E-state index contributed by atoms with van der Waals surface area (Å²) in [6.07, 6.45) is 3.96. The maximum atomic E-state index is 13.2. The molecule has 2 aromatic heterocycles. The van der Waals surface area contributed by atoms with Gasteiger partial charge in [-0.15, -0.1) is 0 Å². The summed E-state index contributed by atoms with van der Waals surface area (Å²) < 4.78 is 13.4. The van der Waals surface area contributed by atoms with Gasteiger partial charge in [-0.05, 0) is 38.0 Å². The summed E-state index contributed by atoms with van der Waals surface area (Å²) >= 11 is 0. The number of nitrogens with one attached hydrogen (secondary N) is 2. The molecule has 1 aromatic carbocycles. The number of benzene rings is 1. The predicted molar refractivity (Wildman–Crippen MR) is 142 cm³/mol. The van der Waals surface area contributed by atoms with E-state index in [0.717, 1.165) is 55.4 Å². The number of aromatic nitrogens is 4. The summed E-state index contributed by atoms with van der Waals surface area (Å²) in [5.41, 5.74) is 3.72. The van der Waals surface area contributed by atoms with Crippen molar-refractivity contribution < 1.29 is 14.3 Å². The molecular weight excluding hydrogens is 456 g/mol. The zero-order chi connectivity index (χ0) is 25.7. The van der Waals surface area contributed by atoms with E-state index in [-0.39, 0.29) is 11.8 Å². The van der Waals surface area contributed by atoms with E-state index in [0.29, 0.717) is 29.3 Å².